The van der Waals surface area contributed by atoms with Gasteiger partial charge in [-0.1, -0.05) is 0 Å². The van der Waals surface area contributed by atoms with Crippen molar-refractivity contribution in [3.05, 3.63) is 0 Å². The Balaban J connectivity index is 0. The van der Waals surface area contributed by atoms with Crippen molar-refractivity contribution >= 4 is 24.4 Å². The standard InChI is InChI=1S/C9H21NO5Si.C6H16O3Si/c1-5-15-9(11)10-7-6-8-16(12-2,13-3)14-4;1-4-7-10(8-5-2)9-6-3/h5-8H2,1-4H3,(H,10,11);10H,4-6H2,1-3H3. The number of hydrogen-bond acceptors (Lipinski definition) is 8. The Morgan fingerprint density at radius 2 is 1.31 bits per heavy atom. The van der Waals surface area contributed by atoms with E-state index in [0.717, 1.165) is 6.42 Å². The number of hydrogen-bond donors (Lipinski definition) is 1. The van der Waals surface area contributed by atoms with E-state index in [2.05, 4.69) is 5.32 Å². The molecule has 0 atom stereocenters. The molecule has 0 aromatic rings. The Bertz CT molecular complexity index is 299. The Kier molecular flexibility index (Phi) is 20.5. The first-order valence-corrected chi connectivity index (χ1v) is 12.2. The summed E-state index contributed by atoms with van der Waals surface area (Å²) >= 11 is 0. The van der Waals surface area contributed by atoms with E-state index in [9.17, 15) is 4.79 Å². The molecule has 0 saturated heterocycles. The monoisotopic (exact) mass is 415 g/mol. The smallest absolute Gasteiger partial charge is 0.450 e. The molecule has 1 amide bonds. The number of carbonyl (C=O) groups excluding carboxylic acids is 1. The molecule has 0 radical (unpaired) electrons. The van der Waals surface area contributed by atoms with Crippen LogP contribution in [0.25, 0.3) is 0 Å². The van der Waals surface area contributed by atoms with Gasteiger partial charge in [0.1, 0.15) is 0 Å². The summed E-state index contributed by atoms with van der Waals surface area (Å²) in [4.78, 5) is 11.0. The van der Waals surface area contributed by atoms with Crippen molar-refractivity contribution in [3.8, 4) is 0 Å². The fraction of sp³-hybridized carbons (Fsp3) is 0.933. The number of amides is 1. The Labute approximate surface area is 160 Å². The van der Waals surface area contributed by atoms with Crippen LogP contribution in [-0.4, -0.2) is 78.7 Å². The zero-order chi connectivity index (χ0) is 20.3. The predicted octanol–water partition coefficient (Wildman–Crippen LogP) is 1.81. The molecular weight excluding hydrogens is 378 g/mol. The molecule has 0 aliphatic carbocycles. The van der Waals surface area contributed by atoms with Crippen molar-refractivity contribution in [1.29, 1.82) is 0 Å². The van der Waals surface area contributed by atoms with Crippen molar-refractivity contribution in [1.82, 2.24) is 5.32 Å². The summed E-state index contributed by atoms with van der Waals surface area (Å²) in [7, 11) is 0.469. The van der Waals surface area contributed by atoms with Gasteiger partial charge >= 0.3 is 24.4 Å². The number of alkyl carbamates (subject to hydrolysis) is 1. The van der Waals surface area contributed by atoms with Crippen molar-refractivity contribution in [2.45, 2.75) is 40.2 Å². The Hall–Kier alpha value is -0.536. The molecule has 0 rings (SSSR count). The lowest BCUT2D eigenvalue weighted by atomic mass is 10.5. The molecule has 0 spiro atoms. The average molecular weight is 416 g/mol. The molecule has 0 heterocycles. The topological polar surface area (TPSA) is 93.7 Å². The molecule has 0 aromatic heterocycles. The maximum absolute atomic E-state index is 11.0. The molecule has 0 saturated carbocycles. The second-order valence-corrected chi connectivity index (χ2v) is 9.37. The van der Waals surface area contributed by atoms with E-state index in [1.165, 1.54) is 0 Å². The molecular formula is C15H37NO8Si2. The Morgan fingerprint density at radius 3 is 1.65 bits per heavy atom. The van der Waals surface area contributed by atoms with Crippen LogP contribution in [0.3, 0.4) is 0 Å². The van der Waals surface area contributed by atoms with E-state index < -0.39 is 24.4 Å². The average Bonchev–Trinajstić information content (AvgIpc) is 2.64. The van der Waals surface area contributed by atoms with E-state index in [1.807, 2.05) is 20.8 Å². The first-order valence-electron chi connectivity index (χ1n) is 8.89. The van der Waals surface area contributed by atoms with Gasteiger partial charge in [0.2, 0.25) is 0 Å². The van der Waals surface area contributed by atoms with Crippen LogP contribution in [0.5, 0.6) is 0 Å². The normalized spacial score (nSPS) is 11.1. The highest BCUT2D eigenvalue weighted by Crippen LogP contribution is 2.14. The van der Waals surface area contributed by atoms with Gasteiger partial charge in [-0.2, -0.15) is 0 Å². The van der Waals surface area contributed by atoms with Crippen molar-refractivity contribution in [2.75, 3.05) is 54.3 Å². The SMILES string of the molecule is CCOC(=O)NCCC[Si](OC)(OC)OC.CCO[SiH](OCC)OCC. The molecule has 0 aliphatic rings. The zero-order valence-corrected chi connectivity index (χ0v) is 19.4. The zero-order valence-electron chi connectivity index (χ0n) is 17.3. The van der Waals surface area contributed by atoms with Gasteiger partial charge in [-0.05, 0) is 34.1 Å². The van der Waals surface area contributed by atoms with E-state index in [-0.39, 0.29) is 0 Å². The third kappa shape index (κ3) is 14.6. The Morgan fingerprint density at radius 1 is 0.846 bits per heavy atom. The quantitative estimate of drug-likeness (QED) is 0.339. The number of nitrogens with one attached hydrogen (secondary N) is 1. The third-order valence-electron chi connectivity index (χ3n) is 3.05. The van der Waals surface area contributed by atoms with E-state index in [1.54, 1.807) is 28.3 Å². The second kappa shape index (κ2) is 19.2. The molecule has 158 valence electrons. The van der Waals surface area contributed by atoms with Gasteiger partial charge in [0.15, 0.2) is 0 Å². The maximum Gasteiger partial charge on any atom is 0.500 e. The van der Waals surface area contributed by atoms with Gasteiger partial charge in [0.25, 0.3) is 0 Å². The summed E-state index contributed by atoms with van der Waals surface area (Å²) in [5, 5.41) is 2.62. The van der Waals surface area contributed by atoms with Crippen LogP contribution < -0.4 is 5.32 Å². The predicted molar refractivity (Wildman–Crippen MR) is 103 cm³/mol. The van der Waals surface area contributed by atoms with Gasteiger partial charge in [0, 0.05) is 53.7 Å². The lowest BCUT2D eigenvalue weighted by Gasteiger charge is -2.24. The minimum absolute atomic E-state index is 0.374. The third-order valence-corrected chi connectivity index (χ3v) is 7.69. The van der Waals surface area contributed by atoms with Crippen molar-refractivity contribution in [2.24, 2.45) is 0 Å². The first kappa shape index (κ1) is 27.7. The van der Waals surface area contributed by atoms with Crippen molar-refractivity contribution < 1.29 is 36.1 Å². The van der Waals surface area contributed by atoms with Crippen LogP contribution in [0.2, 0.25) is 6.04 Å². The van der Waals surface area contributed by atoms with Crippen LogP contribution in [-0.2, 0) is 31.3 Å². The summed E-state index contributed by atoms with van der Waals surface area (Å²) < 4.78 is 36.1. The van der Waals surface area contributed by atoms with Gasteiger partial charge in [-0.15, -0.1) is 0 Å². The largest absolute Gasteiger partial charge is 0.500 e. The molecule has 0 aromatic carbocycles. The highest BCUT2D eigenvalue weighted by molar-refractivity contribution is 6.60. The fourth-order valence-electron chi connectivity index (χ4n) is 1.79. The summed E-state index contributed by atoms with van der Waals surface area (Å²) in [5.74, 6) is 0. The van der Waals surface area contributed by atoms with E-state index in [4.69, 9.17) is 31.3 Å². The number of carbonyl (C=O) groups is 1. The van der Waals surface area contributed by atoms with Gasteiger partial charge < -0.3 is 36.6 Å². The van der Waals surface area contributed by atoms with Crippen molar-refractivity contribution in [3.63, 3.8) is 0 Å². The number of rotatable bonds is 14. The van der Waals surface area contributed by atoms with Crippen LogP contribution in [0.4, 0.5) is 4.79 Å². The maximum atomic E-state index is 11.0. The molecule has 1 N–H and O–H groups in total. The summed E-state index contributed by atoms with van der Waals surface area (Å²) in [6, 6.07) is 0.656. The second-order valence-electron chi connectivity index (χ2n) is 4.70. The van der Waals surface area contributed by atoms with Crippen LogP contribution in [0.1, 0.15) is 34.1 Å². The van der Waals surface area contributed by atoms with Crippen LogP contribution in [0, 0.1) is 0 Å². The van der Waals surface area contributed by atoms with Gasteiger partial charge in [-0.25, -0.2) is 4.79 Å². The van der Waals surface area contributed by atoms with E-state index in [0.29, 0.717) is 39.0 Å². The highest BCUT2D eigenvalue weighted by atomic mass is 28.4. The first-order chi connectivity index (χ1) is 12.5. The molecule has 0 aliphatic heterocycles. The molecule has 26 heavy (non-hydrogen) atoms. The lowest BCUT2D eigenvalue weighted by molar-refractivity contribution is 0.107. The molecule has 9 nitrogen and oxygen atoms in total. The summed E-state index contributed by atoms with van der Waals surface area (Å²) in [6.07, 6.45) is 0.322. The van der Waals surface area contributed by atoms with Gasteiger partial charge in [-0.3, -0.25) is 0 Å². The van der Waals surface area contributed by atoms with Crippen LogP contribution in [0.15, 0.2) is 0 Å². The molecule has 0 unspecified atom stereocenters. The lowest BCUT2D eigenvalue weighted by Crippen LogP contribution is -2.43. The number of ether oxygens (including phenoxy) is 1. The highest BCUT2D eigenvalue weighted by Gasteiger charge is 2.36. The van der Waals surface area contributed by atoms with Crippen LogP contribution >= 0.6 is 0 Å². The summed E-state index contributed by atoms with van der Waals surface area (Å²) in [6.45, 7) is 10.5. The van der Waals surface area contributed by atoms with E-state index >= 15 is 0 Å². The molecule has 0 fully saturated rings. The molecule has 11 heteroatoms. The minimum atomic E-state index is -2.50. The fourth-order valence-corrected chi connectivity index (χ4v) is 4.61. The summed E-state index contributed by atoms with van der Waals surface area (Å²) in [5.41, 5.74) is 0. The minimum Gasteiger partial charge on any atom is -0.450 e. The van der Waals surface area contributed by atoms with Gasteiger partial charge in [0.05, 0.1) is 6.61 Å². The molecule has 0 bridgehead atoms.